The van der Waals surface area contributed by atoms with Crippen molar-refractivity contribution in [2.75, 3.05) is 5.43 Å². The molecule has 0 saturated carbocycles. The molecule has 0 aliphatic carbocycles. The van der Waals surface area contributed by atoms with Gasteiger partial charge in [0.1, 0.15) is 6.33 Å². The highest BCUT2D eigenvalue weighted by Gasteiger charge is 2.24. The van der Waals surface area contributed by atoms with Gasteiger partial charge in [-0.05, 0) is 0 Å². The van der Waals surface area contributed by atoms with Crippen LogP contribution in [0.5, 0.6) is 11.6 Å². The summed E-state index contributed by atoms with van der Waals surface area (Å²) in [6.07, 6.45) is 4.05. The highest BCUT2D eigenvalue weighted by atomic mass is 16.6. The Morgan fingerprint density at radius 2 is 2.33 bits per heavy atom. The molecule has 0 amide bonds. The van der Waals surface area contributed by atoms with Crippen molar-refractivity contribution in [1.82, 2.24) is 19.7 Å². The van der Waals surface area contributed by atoms with Crippen LogP contribution in [0.15, 0.2) is 18.7 Å². The van der Waals surface area contributed by atoms with Gasteiger partial charge >= 0.3 is 11.6 Å². The highest BCUT2D eigenvalue weighted by Crippen LogP contribution is 2.32. The Bertz CT molecular complexity index is 582. The summed E-state index contributed by atoms with van der Waals surface area (Å²) in [7, 11) is 1.69. The smallest absolute Gasteiger partial charge is 0.374 e. The Hall–Kier alpha value is -2.75. The summed E-state index contributed by atoms with van der Waals surface area (Å²) in [6, 6.07) is 0. The first kappa shape index (κ1) is 11.7. The van der Waals surface area contributed by atoms with Crippen LogP contribution in [0.1, 0.15) is 0 Å². The number of nitrogens with one attached hydrogen (secondary N) is 1. The van der Waals surface area contributed by atoms with Gasteiger partial charge in [-0.1, -0.05) is 0 Å². The fourth-order valence-corrected chi connectivity index (χ4v) is 1.27. The molecule has 2 aromatic heterocycles. The van der Waals surface area contributed by atoms with E-state index in [1.165, 1.54) is 10.9 Å². The van der Waals surface area contributed by atoms with Gasteiger partial charge in [0.25, 0.3) is 0 Å². The number of hydrazine groups is 1. The van der Waals surface area contributed by atoms with Crippen LogP contribution >= 0.6 is 0 Å². The molecule has 0 spiro atoms. The topological polar surface area (TPSA) is 134 Å². The summed E-state index contributed by atoms with van der Waals surface area (Å²) in [5, 5.41) is 14.8. The second-order valence-electron chi connectivity index (χ2n) is 3.23. The molecule has 3 N–H and O–H groups in total. The third-order valence-electron chi connectivity index (χ3n) is 2.00. The van der Waals surface area contributed by atoms with Crippen LogP contribution in [0.2, 0.25) is 0 Å². The van der Waals surface area contributed by atoms with Gasteiger partial charge in [0.15, 0.2) is 5.75 Å². The SMILES string of the molecule is Cn1cc(Oc2ncnc(NN)c2[N+](=O)[O-])cn1. The number of ether oxygens (including phenoxy) is 1. The van der Waals surface area contributed by atoms with Crippen LogP contribution in [-0.2, 0) is 7.05 Å². The Labute approximate surface area is 101 Å². The third kappa shape index (κ3) is 2.17. The number of aromatic nitrogens is 4. The molecule has 10 heteroatoms. The second-order valence-corrected chi connectivity index (χ2v) is 3.23. The summed E-state index contributed by atoms with van der Waals surface area (Å²) in [4.78, 5) is 17.6. The van der Waals surface area contributed by atoms with Crippen LogP contribution in [-0.4, -0.2) is 24.7 Å². The number of nitrogen functional groups attached to an aromatic ring is 1. The van der Waals surface area contributed by atoms with E-state index >= 15 is 0 Å². The number of rotatable bonds is 4. The average molecular weight is 251 g/mol. The number of anilines is 1. The summed E-state index contributed by atoms with van der Waals surface area (Å²) >= 11 is 0. The van der Waals surface area contributed by atoms with Crippen molar-refractivity contribution in [3.63, 3.8) is 0 Å². The Morgan fingerprint density at radius 3 is 2.89 bits per heavy atom. The second kappa shape index (κ2) is 4.63. The molecule has 0 atom stereocenters. The molecular formula is C8H9N7O3. The van der Waals surface area contributed by atoms with E-state index < -0.39 is 10.6 Å². The zero-order valence-electron chi connectivity index (χ0n) is 9.27. The highest BCUT2D eigenvalue weighted by molar-refractivity contribution is 5.60. The van der Waals surface area contributed by atoms with Gasteiger partial charge < -0.3 is 10.2 Å². The molecule has 0 saturated heterocycles. The van der Waals surface area contributed by atoms with Crippen molar-refractivity contribution >= 4 is 11.5 Å². The van der Waals surface area contributed by atoms with Gasteiger partial charge in [-0.15, -0.1) is 0 Å². The van der Waals surface area contributed by atoms with Crippen molar-refractivity contribution in [3.8, 4) is 11.6 Å². The van der Waals surface area contributed by atoms with E-state index in [9.17, 15) is 10.1 Å². The number of nitro groups is 1. The molecular weight excluding hydrogens is 242 g/mol. The molecule has 0 aliphatic rings. The standard InChI is InChI=1S/C8H9N7O3/c1-14-3-5(2-12-14)18-8-6(15(16)17)7(13-9)10-4-11-8/h2-4H,9H2,1H3,(H,10,11,13). The molecule has 0 aromatic carbocycles. The van der Waals surface area contributed by atoms with E-state index in [2.05, 4.69) is 20.5 Å². The molecule has 2 rings (SSSR count). The number of nitrogens with zero attached hydrogens (tertiary/aromatic N) is 5. The lowest BCUT2D eigenvalue weighted by Gasteiger charge is -2.05. The summed E-state index contributed by atoms with van der Waals surface area (Å²) in [5.74, 6) is 5.12. The minimum Gasteiger partial charge on any atom is -0.430 e. The van der Waals surface area contributed by atoms with Gasteiger partial charge in [0.05, 0.1) is 17.3 Å². The average Bonchev–Trinajstić information content (AvgIpc) is 2.74. The largest absolute Gasteiger partial charge is 0.430 e. The summed E-state index contributed by atoms with van der Waals surface area (Å²) in [5.41, 5.74) is 1.67. The van der Waals surface area contributed by atoms with Gasteiger partial charge in [-0.25, -0.2) is 10.8 Å². The Morgan fingerprint density at radius 1 is 1.56 bits per heavy atom. The van der Waals surface area contributed by atoms with Crippen LogP contribution in [0.25, 0.3) is 0 Å². The molecule has 94 valence electrons. The third-order valence-corrected chi connectivity index (χ3v) is 2.00. The van der Waals surface area contributed by atoms with Crippen LogP contribution in [0.3, 0.4) is 0 Å². The van der Waals surface area contributed by atoms with Crippen molar-refractivity contribution in [3.05, 3.63) is 28.8 Å². The first-order valence-corrected chi connectivity index (χ1v) is 4.74. The normalized spacial score (nSPS) is 10.1. The zero-order valence-corrected chi connectivity index (χ0v) is 9.27. The zero-order chi connectivity index (χ0) is 13.1. The fraction of sp³-hybridized carbons (Fsp3) is 0.125. The molecule has 18 heavy (non-hydrogen) atoms. The van der Waals surface area contributed by atoms with Crippen molar-refractivity contribution in [2.24, 2.45) is 12.9 Å². The quantitative estimate of drug-likeness (QED) is 0.447. The first-order valence-electron chi connectivity index (χ1n) is 4.74. The minimum atomic E-state index is -0.680. The van der Waals surface area contributed by atoms with Crippen LogP contribution in [0, 0.1) is 10.1 Å². The maximum Gasteiger partial charge on any atom is 0.374 e. The molecule has 10 nitrogen and oxygen atoms in total. The van der Waals surface area contributed by atoms with Crippen molar-refractivity contribution < 1.29 is 9.66 Å². The fourth-order valence-electron chi connectivity index (χ4n) is 1.27. The molecule has 0 unspecified atom stereocenters. The Kier molecular flexibility index (Phi) is 3.02. The minimum absolute atomic E-state index is 0.131. The van der Waals surface area contributed by atoms with Crippen LogP contribution in [0.4, 0.5) is 11.5 Å². The Balaban J connectivity index is 2.41. The van der Waals surface area contributed by atoms with E-state index in [-0.39, 0.29) is 11.7 Å². The summed E-state index contributed by atoms with van der Waals surface area (Å²) < 4.78 is 6.75. The summed E-state index contributed by atoms with van der Waals surface area (Å²) in [6.45, 7) is 0. The molecule has 0 fully saturated rings. The van der Waals surface area contributed by atoms with E-state index in [1.54, 1.807) is 13.2 Å². The molecule has 0 radical (unpaired) electrons. The molecule has 0 aliphatic heterocycles. The van der Waals surface area contributed by atoms with Crippen molar-refractivity contribution in [1.29, 1.82) is 0 Å². The molecule has 0 bridgehead atoms. The van der Waals surface area contributed by atoms with Gasteiger partial charge in [-0.3, -0.25) is 14.8 Å². The molecule has 2 aromatic rings. The maximum atomic E-state index is 10.9. The van der Waals surface area contributed by atoms with E-state index in [0.717, 1.165) is 6.33 Å². The lowest BCUT2D eigenvalue weighted by Crippen LogP contribution is -2.12. The van der Waals surface area contributed by atoms with E-state index in [4.69, 9.17) is 10.6 Å². The van der Waals surface area contributed by atoms with Crippen LogP contribution < -0.4 is 16.0 Å². The van der Waals surface area contributed by atoms with E-state index in [0.29, 0.717) is 5.75 Å². The lowest BCUT2D eigenvalue weighted by molar-refractivity contribution is -0.385. The molecule has 2 heterocycles. The number of hydrogen-bond acceptors (Lipinski definition) is 8. The number of nitrogens with two attached hydrogens (primary N) is 1. The number of aryl methyl sites for hydroxylation is 1. The number of hydrogen-bond donors (Lipinski definition) is 2. The van der Waals surface area contributed by atoms with Crippen molar-refractivity contribution in [2.45, 2.75) is 0 Å². The van der Waals surface area contributed by atoms with Gasteiger partial charge in [0, 0.05) is 7.05 Å². The van der Waals surface area contributed by atoms with Gasteiger partial charge in [-0.2, -0.15) is 10.1 Å². The lowest BCUT2D eigenvalue weighted by atomic mass is 10.4. The first-order chi connectivity index (χ1) is 8.61. The van der Waals surface area contributed by atoms with E-state index in [1.807, 2.05) is 0 Å². The predicted octanol–water partition coefficient (Wildman–Crippen LogP) is 0.196. The predicted molar refractivity (Wildman–Crippen MR) is 59.8 cm³/mol. The van der Waals surface area contributed by atoms with Gasteiger partial charge in [0.2, 0.25) is 5.82 Å². The monoisotopic (exact) mass is 251 g/mol. The maximum absolute atomic E-state index is 10.9.